The molecular formula is C19H19F4NOS. The van der Waals surface area contributed by atoms with Gasteiger partial charge in [0.15, 0.2) is 0 Å². The fourth-order valence-corrected chi connectivity index (χ4v) is 4.64. The van der Waals surface area contributed by atoms with E-state index in [2.05, 4.69) is 5.32 Å². The molecule has 0 spiro atoms. The monoisotopic (exact) mass is 385 g/mol. The van der Waals surface area contributed by atoms with E-state index in [9.17, 15) is 22.7 Å². The van der Waals surface area contributed by atoms with Gasteiger partial charge < -0.3 is 10.4 Å². The molecule has 0 aliphatic carbocycles. The van der Waals surface area contributed by atoms with Crippen molar-refractivity contribution in [2.75, 3.05) is 13.2 Å². The Morgan fingerprint density at radius 2 is 1.73 bits per heavy atom. The second kappa shape index (κ2) is 7.58. The Labute approximate surface area is 153 Å². The highest BCUT2D eigenvalue weighted by Gasteiger charge is 2.41. The van der Waals surface area contributed by atoms with Crippen LogP contribution in [0.3, 0.4) is 0 Å². The molecule has 3 rings (SSSR count). The Balaban J connectivity index is 1.87. The largest absolute Gasteiger partial charge is 0.395 e. The summed E-state index contributed by atoms with van der Waals surface area (Å²) in [5.41, 5.74) is 1.11. The quantitative estimate of drug-likeness (QED) is 0.754. The maximum atomic E-state index is 13.2. The molecule has 140 valence electrons. The lowest BCUT2D eigenvalue weighted by atomic mass is 9.94. The van der Waals surface area contributed by atoms with E-state index in [1.54, 1.807) is 24.3 Å². The molecule has 2 aromatic carbocycles. The van der Waals surface area contributed by atoms with E-state index in [0.717, 1.165) is 10.5 Å². The van der Waals surface area contributed by atoms with Crippen molar-refractivity contribution in [3.05, 3.63) is 65.5 Å². The summed E-state index contributed by atoms with van der Waals surface area (Å²) in [6, 6.07) is 12.5. The number of hydrogen-bond acceptors (Lipinski definition) is 3. The molecule has 2 nitrogen and oxygen atoms in total. The fourth-order valence-electron chi connectivity index (χ4n) is 3.22. The van der Waals surface area contributed by atoms with Crippen molar-refractivity contribution >= 4 is 11.8 Å². The molecule has 2 aromatic rings. The summed E-state index contributed by atoms with van der Waals surface area (Å²) in [4.78, 5) is 0.867. The van der Waals surface area contributed by atoms with Gasteiger partial charge in [-0.15, -0.1) is 11.8 Å². The summed E-state index contributed by atoms with van der Waals surface area (Å²) < 4.78 is 50.4. The molecule has 1 heterocycles. The Kier molecular flexibility index (Phi) is 5.60. The topological polar surface area (TPSA) is 32.3 Å². The second-order valence-electron chi connectivity index (χ2n) is 6.50. The standard InChI is InChI=1S/C19H19F4NOS/c20-15-5-7-17(8-6-15)26-18(10-16(11-25)24-12-18)14-3-1-13(2-4-14)9-19(21,22)23/h1-8,16,24-25H,9-12H2. The van der Waals surface area contributed by atoms with Crippen LogP contribution in [0.25, 0.3) is 0 Å². The summed E-state index contributed by atoms with van der Waals surface area (Å²) in [5, 5.41) is 12.7. The third-order valence-electron chi connectivity index (χ3n) is 4.48. The highest BCUT2D eigenvalue weighted by Crippen LogP contribution is 2.47. The summed E-state index contributed by atoms with van der Waals surface area (Å²) in [6.45, 7) is 0.552. The molecule has 0 saturated carbocycles. The third kappa shape index (κ3) is 4.58. The maximum absolute atomic E-state index is 13.2. The van der Waals surface area contributed by atoms with Crippen LogP contribution in [0.1, 0.15) is 17.5 Å². The van der Waals surface area contributed by atoms with Crippen molar-refractivity contribution < 1.29 is 22.7 Å². The van der Waals surface area contributed by atoms with E-state index >= 15 is 0 Å². The minimum Gasteiger partial charge on any atom is -0.395 e. The van der Waals surface area contributed by atoms with E-state index in [0.29, 0.717) is 13.0 Å². The van der Waals surface area contributed by atoms with E-state index in [4.69, 9.17) is 0 Å². The molecule has 0 aromatic heterocycles. The van der Waals surface area contributed by atoms with Gasteiger partial charge in [-0.2, -0.15) is 13.2 Å². The smallest absolute Gasteiger partial charge is 0.393 e. The van der Waals surface area contributed by atoms with Gasteiger partial charge in [0.05, 0.1) is 17.8 Å². The van der Waals surface area contributed by atoms with Crippen LogP contribution in [0.5, 0.6) is 0 Å². The van der Waals surface area contributed by atoms with Crippen molar-refractivity contribution in [3.8, 4) is 0 Å². The number of hydrogen-bond donors (Lipinski definition) is 2. The number of thioether (sulfide) groups is 1. The Bertz CT molecular complexity index is 733. The first-order valence-corrected chi connectivity index (χ1v) is 9.06. The third-order valence-corrected chi connectivity index (χ3v) is 5.93. The van der Waals surface area contributed by atoms with Gasteiger partial charge in [-0.25, -0.2) is 4.39 Å². The van der Waals surface area contributed by atoms with E-state index in [1.165, 1.54) is 36.0 Å². The van der Waals surface area contributed by atoms with Crippen LogP contribution in [-0.2, 0) is 11.2 Å². The minimum absolute atomic E-state index is 0.0160. The molecule has 2 unspecified atom stereocenters. The zero-order valence-corrected chi connectivity index (χ0v) is 14.7. The predicted octanol–water partition coefficient (Wildman–Crippen LogP) is 4.27. The number of aliphatic hydroxyl groups excluding tert-OH is 1. The molecule has 1 fully saturated rings. The summed E-state index contributed by atoms with van der Waals surface area (Å²) in [5.74, 6) is -0.322. The van der Waals surface area contributed by atoms with Gasteiger partial charge >= 0.3 is 6.18 Å². The first kappa shape index (κ1) is 19.2. The zero-order valence-electron chi connectivity index (χ0n) is 13.9. The Morgan fingerprint density at radius 1 is 1.08 bits per heavy atom. The molecule has 26 heavy (non-hydrogen) atoms. The van der Waals surface area contributed by atoms with Crippen LogP contribution < -0.4 is 5.32 Å². The highest BCUT2D eigenvalue weighted by atomic mass is 32.2. The van der Waals surface area contributed by atoms with E-state index < -0.39 is 17.3 Å². The van der Waals surface area contributed by atoms with Crippen molar-refractivity contribution in [2.24, 2.45) is 0 Å². The van der Waals surface area contributed by atoms with Gasteiger partial charge in [0.1, 0.15) is 5.82 Å². The van der Waals surface area contributed by atoms with Crippen LogP contribution in [0.4, 0.5) is 17.6 Å². The van der Waals surface area contributed by atoms with Gasteiger partial charge in [-0.05, 0) is 41.8 Å². The van der Waals surface area contributed by atoms with Gasteiger partial charge in [-0.1, -0.05) is 24.3 Å². The molecule has 2 N–H and O–H groups in total. The lowest BCUT2D eigenvalue weighted by molar-refractivity contribution is -0.127. The number of alkyl halides is 3. The molecule has 1 saturated heterocycles. The van der Waals surface area contributed by atoms with E-state index in [-0.39, 0.29) is 24.0 Å². The first-order chi connectivity index (χ1) is 12.3. The van der Waals surface area contributed by atoms with Gasteiger partial charge in [0.2, 0.25) is 0 Å². The highest BCUT2D eigenvalue weighted by molar-refractivity contribution is 8.00. The lowest BCUT2D eigenvalue weighted by Crippen LogP contribution is -2.26. The molecule has 7 heteroatoms. The predicted molar refractivity (Wildman–Crippen MR) is 93.6 cm³/mol. The normalized spacial score (nSPS) is 23.3. The van der Waals surface area contributed by atoms with Gasteiger partial charge in [0, 0.05) is 17.5 Å². The van der Waals surface area contributed by atoms with Crippen molar-refractivity contribution in [3.63, 3.8) is 0 Å². The van der Waals surface area contributed by atoms with Crippen LogP contribution in [0, 0.1) is 5.82 Å². The molecule has 0 bridgehead atoms. The number of benzene rings is 2. The van der Waals surface area contributed by atoms with Crippen molar-refractivity contribution in [1.29, 1.82) is 0 Å². The zero-order chi connectivity index (χ0) is 18.8. The molecule has 1 aliphatic heterocycles. The molecular weight excluding hydrogens is 366 g/mol. The summed E-state index contributed by atoms with van der Waals surface area (Å²) >= 11 is 1.54. The lowest BCUT2D eigenvalue weighted by Gasteiger charge is -2.29. The molecule has 0 radical (unpaired) electrons. The molecule has 2 atom stereocenters. The van der Waals surface area contributed by atoms with Crippen LogP contribution in [0.15, 0.2) is 53.4 Å². The van der Waals surface area contributed by atoms with Gasteiger partial charge in [-0.3, -0.25) is 0 Å². The van der Waals surface area contributed by atoms with Gasteiger partial charge in [0.25, 0.3) is 0 Å². The number of halogens is 4. The average Bonchev–Trinajstić information content (AvgIpc) is 3.01. The van der Waals surface area contributed by atoms with Crippen molar-refractivity contribution in [2.45, 2.75) is 34.7 Å². The van der Waals surface area contributed by atoms with Crippen molar-refractivity contribution in [1.82, 2.24) is 5.32 Å². The van der Waals surface area contributed by atoms with Crippen LogP contribution in [0.2, 0.25) is 0 Å². The molecule has 1 aliphatic rings. The Morgan fingerprint density at radius 3 is 2.27 bits per heavy atom. The fraction of sp³-hybridized carbons (Fsp3) is 0.368. The maximum Gasteiger partial charge on any atom is 0.393 e. The number of rotatable bonds is 5. The number of aliphatic hydroxyl groups is 1. The summed E-state index contributed by atoms with van der Waals surface area (Å²) in [7, 11) is 0. The van der Waals surface area contributed by atoms with E-state index in [1.807, 2.05) is 0 Å². The summed E-state index contributed by atoms with van der Waals surface area (Å²) in [6.07, 6.45) is -4.56. The van der Waals surface area contributed by atoms with Crippen LogP contribution in [-0.4, -0.2) is 30.5 Å². The number of nitrogens with one attached hydrogen (secondary N) is 1. The first-order valence-electron chi connectivity index (χ1n) is 8.25. The van der Waals surface area contributed by atoms with Crippen LogP contribution >= 0.6 is 11.8 Å². The average molecular weight is 385 g/mol. The minimum atomic E-state index is -4.24. The second-order valence-corrected chi connectivity index (χ2v) is 7.96. The SMILES string of the molecule is OCC1CC(Sc2ccc(F)cc2)(c2ccc(CC(F)(F)F)cc2)CN1. The Hall–Kier alpha value is -1.57. The molecule has 0 amide bonds.